The summed E-state index contributed by atoms with van der Waals surface area (Å²) in [7, 11) is 0. The number of hydrogen-bond donors (Lipinski definition) is 2. The molecule has 0 saturated heterocycles. The number of H-pyrrole nitrogens is 1. The number of amides is 1. The van der Waals surface area contributed by atoms with E-state index < -0.39 is 17.3 Å². The van der Waals surface area contributed by atoms with Gasteiger partial charge in [-0.3, -0.25) is 9.59 Å². The Morgan fingerprint density at radius 2 is 2.00 bits per heavy atom. The molecule has 0 aliphatic heterocycles. The molecule has 5 nitrogen and oxygen atoms in total. The Bertz CT molecular complexity index is 695. The molecule has 0 aliphatic carbocycles. The maximum absolute atomic E-state index is 13.4. The molecule has 0 fully saturated rings. The van der Waals surface area contributed by atoms with Crippen molar-refractivity contribution >= 4 is 11.6 Å². The molecule has 0 unspecified atom stereocenters. The van der Waals surface area contributed by atoms with Crippen molar-refractivity contribution in [1.29, 1.82) is 0 Å². The monoisotopic (exact) mass is 261 g/mol. The Morgan fingerprint density at radius 1 is 1.32 bits per heavy atom. The summed E-state index contributed by atoms with van der Waals surface area (Å²) in [5.41, 5.74) is 0.379. The second-order valence-electron chi connectivity index (χ2n) is 4.07. The van der Waals surface area contributed by atoms with Gasteiger partial charge in [0, 0.05) is 0 Å². The lowest BCUT2D eigenvalue weighted by atomic mass is 10.1. The van der Waals surface area contributed by atoms with Crippen LogP contribution in [0.5, 0.6) is 0 Å². The van der Waals surface area contributed by atoms with E-state index in [2.05, 4.69) is 15.5 Å². The average molecular weight is 261 g/mol. The molecule has 2 rings (SSSR count). The Kier molecular flexibility index (Phi) is 3.41. The fraction of sp³-hybridized carbons (Fsp3) is 0.154. The highest BCUT2D eigenvalue weighted by Crippen LogP contribution is 2.14. The second kappa shape index (κ2) is 5.01. The van der Waals surface area contributed by atoms with E-state index in [9.17, 15) is 14.0 Å². The van der Waals surface area contributed by atoms with E-state index in [4.69, 9.17) is 0 Å². The predicted molar refractivity (Wildman–Crippen MR) is 68.7 cm³/mol. The number of benzene rings is 1. The molecule has 2 aromatic rings. The molecule has 0 saturated carbocycles. The van der Waals surface area contributed by atoms with Crippen LogP contribution in [0.15, 0.2) is 29.1 Å². The van der Waals surface area contributed by atoms with Crippen LogP contribution in [-0.2, 0) is 0 Å². The van der Waals surface area contributed by atoms with Crippen LogP contribution in [0, 0.1) is 19.7 Å². The largest absolute Gasteiger partial charge is 0.319 e. The van der Waals surface area contributed by atoms with E-state index in [1.165, 1.54) is 18.2 Å². The lowest BCUT2D eigenvalue weighted by Crippen LogP contribution is -2.26. The lowest BCUT2D eigenvalue weighted by molar-refractivity contribution is 0.102. The van der Waals surface area contributed by atoms with E-state index in [0.29, 0.717) is 11.3 Å². The Hall–Kier alpha value is -2.50. The van der Waals surface area contributed by atoms with Gasteiger partial charge in [-0.15, -0.1) is 0 Å². The molecule has 0 bridgehead atoms. The van der Waals surface area contributed by atoms with Crippen molar-refractivity contribution in [3.05, 3.63) is 57.3 Å². The fourth-order valence-corrected chi connectivity index (χ4v) is 1.65. The van der Waals surface area contributed by atoms with E-state index in [0.717, 1.165) is 0 Å². The number of carbonyl (C=O) groups is 1. The average Bonchev–Trinajstić information content (AvgIpc) is 2.37. The highest BCUT2D eigenvalue weighted by molar-refractivity contribution is 6.05. The number of aryl methyl sites for hydroxylation is 1. The molecule has 19 heavy (non-hydrogen) atoms. The Labute approximate surface area is 108 Å². The lowest BCUT2D eigenvalue weighted by Gasteiger charge is -2.08. The Morgan fingerprint density at radius 3 is 2.68 bits per heavy atom. The summed E-state index contributed by atoms with van der Waals surface area (Å²) >= 11 is 0. The van der Waals surface area contributed by atoms with Gasteiger partial charge in [0.1, 0.15) is 11.4 Å². The van der Waals surface area contributed by atoms with E-state index in [1.807, 2.05) is 0 Å². The highest BCUT2D eigenvalue weighted by Gasteiger charge is 2.17. The predicted octanol–water partition coefficient (Wildman–Crippen LogP) is 1.78. The molecular formula is C13H12FN3O2. The van der Waals surface area contributed by atoms with Crippen LogP contribution >= 0.6 is 0 Å². The third-order valence-electron chi connectivity index (χ3n) is 2.82. The summed E-state index contributed by atoms with van der Waals surface area (Å²) in [6, 6.07) is 5.75. The number of para-hydroxylation sites is 1. The van der Waals surface area contributed by atoms with Crippen LogP contribution in [-0.4, -0.2) is 16.1 Å². The molecule has 0 spiro atoms. The molecule has 1 aromatic heterocycles. The number of carbonyl (C=O) groups excluding carboxylic acids is 1. The first kappa shape index (κ1) is 12.9. The molecule has 2 N–H and O–H groups in total. The number of anilines is 1. The van der Waals surface area contributed by atoms with Gasteiger partial charge in [-0.25, -0.2) is 9.49 Å². The summed E-state index contributed by atoms with van der Waals surface area (Å²) in [5, 5.41) is 8.36. The summed E-state index contributed by atoms with van der Waals surface area (Å²) in [5.74, 6) is -1.22. The summed E-state index contributed by atoms with van der Waals surface area (Å²) in [4.78, 5) is 23.7. The number of aromatic nitrogens is 2. The van der Waals surface area contributed by atoms with Crippen molar-refractivity contribution in [3.63, 3.8) is 0 Å². The van der Waals surface area contributed by atoms with Gasteiger partial charge in [0.15, 0.2) is 0 Å². The number of rotatable bonds is 2. The minimum atomic E-state index is -0.658. The molecule has 1 heterocycles. The van der Waals surface area contributed by atoms with Gasteiger partial charge in [-0.05, 0) is 31.5 Å². The Balaban J connectivity index is 2.39. The third-order valence-corrected chi connectivity index (χ3v) is 2.82. The number of hydrogen-bond acceptors (Lipinski definition) is 3. The zero-order valence-electron chi connectivity index (χ0n) is 10.5. The van der Waals surface area contributed by atoms with E-state index >= 15 is 0 Å². The van der Waals surface area contributed by atoms with Gasteiger partial charge < -0.3 is 5.32 Å². The fourth-order valence-electron chi connectivity index (χ4n) is 1.65. The molecule has 98 valence electrons. The van der Waals surface area contributed by atoms with Crippen molar-refractivity contribution in [2.45, 2.75) is 13.8 Å². The number of aromatic amines is 1. The molecule has 1 amide bonds. The highest BCUT2D eigenvalue weighted by atomic mass is 19.1. The van der Waals surface area contributed by atoms with Crippen LogP contribution in [0.25, 0.3) is 0 Å². The van der Waals surface area contributed by atoms with Gasteiger partial charge in [-0.2, -0.15) is 5.10 Å². The summed E-state index contributed by atoms with van der Waals surface area (Å²) in [6.07, 6.45) is 0. The summed E-state index contributed by atoms with van der Waals surface area (Å²) < 4.78 is 13.4. The van der Waals surface area contributed by atoms with Gasteiger partial charge in [-0.1, -0.05) is 12.1 Å². The van der Waals surface area contributed by atoms with Crippen LogP contribution in [0.3, 0.4) is 0 Å². The van der Waals surface area contributed by atoms with E-state index in [1.54, 1.807) is 19.9 Å². The van der Waals surface area contributed by atoms with Crippen molar-refractivity contribution in [2.75, 3.05) is 5.32 Å². The number of nitrogens with zero attached hydrogens (tertiary/aromatic N) is 1. The van der Waals surface area contributed by atoms with Crippen molar-refractivity contribution in [3.8, 4) is 0 Å². The smallest absolute Gasteiger partial charge is 0.277 e. The van der Waals surface area contributed by atoms with Crippen molar-refractivity contribution in [1.82, 2.24) is 10.2 Å². The topological polar surface area (TPSA) is 74.8 Å². The van der Waals surface area contributed by atoms with Gasteiger partial charge >= 0.3 is 0 Å². The zero-order chi connectivity index (χ0) is 14.0. The first-order chi connectivity index (χ1) is 9.00. The minimum absolute atomic E-state index is 0.0285. The molecule has 0 atom stereocenters. The maximum atomic E-state index is 13.4. The van der Waals surface area contributed by atoms with Crippen LogP contribution < -0.4 is 10.9 Å². The van der Waals surface area contributed by atoms with Gasteiger partial charge in [0.2, 0.25) is 0 Å². The molecule has 1 aromatic carbocycles. The number of halogens is 1. The first-order valence-corrected chi connectivity index (χ1v) is 5.62. The van der Waals surface area contributed by atoms with Crippen molar-refractivity contribution < 1.29 is 9.18 Å². The molecule has 0 radical (unpaired) electrons. The van der Waals surface area contributed by atoms with Crippen LogP contribution in [0.2, 0.25) is 0 Å². The molecule has 0 aliphatic rings. The zero-order valence-corrected chi connectivity index (χ0v) is 10.5. The third kappa shape index (κ3) is 2.52. The molecule has 6 heteroatoms. The van der Waals surface area contributed by atoms with Gasteiger partial charge in [0.05, 0.1) is 11.4 Å². The van der Waals surface area contributed by atoms with E-state index in [-0.39, 0.29) is 11.3 Å². The number of nitrogens with one attached hydrogen (secondary N) is 2. The SMILES string of the molecule is Cc1n[nH]c(=O)c(C(=O)Nc2ccccc2F)c1C. The first-order valence-electron chi connectivity index (χ1n) is 5.62. The second-order valence-corrected chi connectivity index (χ2v) is 4.07. The van der Waals surface area contributed by atoms with Crippen LogP contribution in [0.4, 0.5) is 10.1 Å². The normalized spacial score (nSPS) is 10.3. The minimum Gasteiger partial charge on any atom is -0.319 e. The quantitative estimate of drug-likeness (QED) is 0.865. The van der Waals surface area contributed by atoms with Crippen LogP contribution in [0.1, 0.15) is 21.6 Å². The van der Waals surface area contributed by atoms with Gasteiger partial charge in [0.25, 0.3) is 11.5 Å². The molecular weight excluding hydrogens is 249 g/mol. The van der Waals surface area contributed by atoms with Crippen molar-refractivity contribution in [2.24, 2.45) is 0 Å². The maximum Gasteiger partial charge on any atom is 0.277 e. The summed E-state index contributed by atoms with van der Waals surface area (Å²) in [6.45, 7) is 3.29. The standard InChI is InChI=1S/C13H12FN3O2/c1-7-8(2)16-17-13(19)11(7)12(18)15-10-6-4-3-5-9(10)14/h3-6H,1-2H3,(H,15,18)(H,17,19).